The van der Waals surface area contributed by atoms with E-state index in [1.54, 1.807) is 0 Å². The summed E-state index contributed by atoms with van der Waals surface area (Å²) in [5.74, 6) is -1.67. The first-order chi connectivity index (χ1) is 7.74. The largest absolute Gasteiger partial charge is 0.574 e. The van der Waals surface area contributed by atoms with Crippen LogP contribution in [-0.4, -0.2) is 18.5 Å². The number of aromatic nitrogens is 1. The Kier molecular flexibility index (Phi) is 3.59. The number of alkyl halides is 5. The summed E-state index contributed by atoms with van der Waals surface area (Å²) in [5.41, 5.74) is 3.46. The number of ether oxygens (including phenoxy) is 2. The number of methoxy groups -OCH3 is 1. The molecule has 4 nitrogen and oxygen atoms in total. The maximum absolute atomic E-state index is 12.5. The monoisotopic (exact) mass is 258 g/mol. The molecule has 0 aliphatic rings. The third-order valence-corrected chi connectivity index (χ3v) is 1.67. The second-order valence-electron chi connectivity index (χ2n) is 2.82. The fourth-order valence-electron chi connectivity index (χ4n) is 1.04. The van der Waals surface area contributed by atoms with Crippen molar-refractivity contribution in [3.8, 4) is 11.8 Å². The lowest BCUT2D eigenvalue weighted by Crippen LogP contribution is -2.19. The maximum Gasteiger partial charge on any atom is 0.574 e. The minimum absolute atomic E-state index is 0.355. The third kappa shape index (κ3) is 3.33. The zero-order chi connectivity index (χ0) is 13.2. The Hall–Kier alpha value is -1.80. The summed E-state index contributed by atoms with van der Waals surface area (Å²) in [6.07, 6.45) is -8.39. The zero-order valence-corrected chi connectivity index (χ0v) is 8.39. The average Bonchev–Trinajstić information content (AvgIpc) is 2.13. The molecule has 2 N–H and O–H groups in total. The standard InChI is InChI=1S/C8H7F5N2O2/c1-16-4-2-3(14)5(6(9)10)7(15-4)17-8(11,12)13/h2,6H,1H3,(H2,14,15). The Morgan fingerprint density at radius 2 is 1.94 bits per heavy atom. The van der Waals surface area contributed by atoms with E-state index in [2.05, 4.69) is 14.5 Å². The number of halogens is 5. The summed E-state index contributed by atoms with van der Waals surface area (Å²) in [5, 5.41) is 0. The fourth-order valence-corrected chi connectivity index (χ4v) is 1.04. The lowest BCUT2D eigenvalue weighted by atomic mass is 10.2. The van der Waals surface area contributed by atoms with Crippen molar-refractivity contribution >= 4 is 5.69 Å². The molecule has 1 aromatic heterocycles. The third-order valence-electron chi connectivity index (χ3n) is 1.67. The van der Waals surface area contributed by atoms with Crippen LogP contribution < -0.4 is 15.2 Å². The number of nitrogens with zero attached hydrogens (tertiary/aromatic N) is 1. The summed E-state index contributed by atoms with van der Waals surface area (Å²) in [6.45, 7) is 0. The van der Waals surface area contributed by atoms with Gasteiger partial charge >= 0.3 is 6.36 Å². The number of hydrogen-bond donors (Lipinski definition) is 1. The number of pyridine rings is 1. The van der Waals surface area contributed by atoms with Gasteiger partial charge in [0.05, 0.1) is 12.8 Å². The molecule has 0 fully saturated rings. The SMILES string of the molecule is COc1cc(N)c(C(F)F)c(OC(F)(F)F)n1. The minimum atomic E-state index is -5.14. The van der Waals surface area contributed by atoms with E-state index in [1.807, 2.05) is 0 Å². The molecule has 0 bridgehead atoms. The van der Waals surface area contributed by atoms with Crippen molar-refractivity contribution in [1.82, 2.24) is 4.98 Å². The minimum Gasteiger partial charge on any atom is -0.481 e. The lowest BCUT2D eigenvalue weighted by Gasteiger charge is -2.14. The van der Waals surface area contributed by atoms with Crippen molar-refractivity contribution in [1.29, 1.82) is 0 Å². The quantitative estimate of drug-likeness (QED) is 0.846. The van der Waals surface area contributed by atoms with Crippen LogP contribution in [0.5, 0.6) is 11.8 Å². The van der Waals surface area contributed by atoms with Gasteiger partial charge in [-0.2, -0.15) is 4.98 Å². The van der Waals surface area contributed by atoms with E-state index in [-0.39, 0.29) is 5.88 Å². The highest BCUT2D eigenvalue weighted by molar-refractivity contribution is 5.54. The molecular weight excluding hydrogens is 251 g/mol. The average molecular weight is 258 g/mol. The number of nitrogen functional groups attached to an aromatic ring is 1. The Balaban J connectivity index is 3.27. The second kappa shape index (κ2) is 4.60. The Labute approximate surface area is 92.1 Å². The van der Waals surface area contributed by atoms with E-state index in [0.29, 0.717) is 0 Å². The van der Waals surface area contributed by atoms with E-state index in [9.17, 15) is 22.0 Å². The molecule has 0 aliphatic heterocycles. The Morgan fingerprint density at radius 1 is 1.35 bits per heavy atom. The molecule has 1 rings (SSSR count). The van der Waals surface area contributed by atoms with E-state index >= 15 is 0 Å². The summed E-state index contributed by atoms with van der Waals surface area (Å²) < 4.78 is 68.7. The molecule has 0 aromatic carbocycles. The molecule has 0 saturated carbocycles. The topological polar surface area (TPSA) is 57.4 Å². The zero-order valence-electron chi connectivity index (χ0n) is 8.39. The highest BCUT2D eigenvalue weighted by Crippen LogP contribution is 2.37. The van der Waals surface area contributed by atoms with Crippen LogP contribution in [-0.2, 0) is 0 Å². The molecule has 17 heavy (non-hydrogen) atoms. The molecule has 0 spiro atoms. The van der Waals surface area contributed by atoms with Gasteiger partial charge in [-0.05, 0) is 0 Å². The fraction of sp³-hybridized carbons (Fsp3) is 0.375. The Bertz CT molecular complexity index is 408. The van der Waals surface area contributed by atoms with Crippen LogP contribution in [0.1, 0.15) is 12.0 Å². The summed E-state index contributed by atoms with van der Waals surface area (Å²) in [4.78, 5) is 3.13. The Morgan fingerprint density at radius 3 is 2.35 bits per heavy atom. The summed E-state index contributed by atoms with van der Waals surface area (Å²) in [7, 11) is 1.10. The van der Waals surface area contributed by atoms with Crippen LogP contribution in [0.4, 0.5) is 27.6 Å². The van der Waals surface area contributed by atoms with Gasteiger partial charge in [-0.15, -0.1) is 13.2 Å². The maximum atomic E-state index is 12.5. The highest BCUT2D eigenvalue weighted by atomic mass is 19.4. The first-order valence-electron chi connectivity index (χ1n) is 4.13. The number of hydrogen-bond acceptors (Lipinski definition) is 4. The molecule has 0 atom stereocenters. The van der Waals surface area contributed by atoms with Gasteiger partial charge in [0.1, 0.15) is 5.56 Å². The molecule has 9 heteroatoms. The van der Waals surface area contributed by atoms with E-state index in [0.717, 1.165) is 13.2 Å². The lowest BCUT2D eigenvalue weighted by molar-refractivity contribution is -0.276. The number of rotatable bonds is 3. The van der Waals surface area contributed by atoms with E-state index in [4.69, 9.17) is 5.73 Å². The van der Waals surface area contributed by atoms with Crippen LogP contribution >= 0.6 is 0 Å². The smallest absolute Gasteiger partial charge is 0.481 e. The predicted octanol–water partition coefficient (Wildman–Crippen LogP) is 2.51. The molecule has 0 amide bonds. The van der Waals surface area contributed by atoms with Gasteiger partial charge in [0.15, 0.2) is 0 Å². The molecule has 0 saturated heterocycles. The molecular formula is C8H7F5N2O2. The van der Waals surface area contributed by atoms with Gasteiger partial charge < -0.3 is 15.2 Å². The van der Waals surface area contributed by atoms with Crippen molar-refractivity contribution in [3.05, 3.63) is 11.6 Å². The van der Waals surface area contributed by atoms with Crippen molar-refractivity contribution in [2.75, 3.05) is 12.8 Å². The van der Waals surface area contributed by atoms with Gasteiger partial charge in [0, 0.05) is 6.07 Å². The first kappa shape index (κ1) is 13.3. The first-order valence-corrected chi connectivity index (χ1v) is 4.13. The normalized spacial score (nSPS) is 11.7. The number of nitrogens with two attached hydrogens (primary N) is 1. The highest BCUT2D eigenvalue weighted by Gasteiger charge is 2.35. The van der Waals surface area contributed by atoms with Gasteiger partial charge in [0.2, 0.25) is 11.8 Å². The molecule has 0 radical (unpaired) electrons. The van der Waals surface area contributed by atoms with Crippen LogP contribution in [0.2, 0.25) is 0 Å². The predicted molar refractivity (Wildman–Crippen MR) is 46.8 cm³/mol. The van der Waals surface area contributed by atoms with Crippen LogP contribution in [0, 0.1) is 0 Å². The molecule has 1 aromatic rings. The van der Waals surface area contributed by atoms with Crippen molar-refractivity contribution in [3.63, 3.8) is 0 Å². The van der Waals surface area contributed by atoms with Crippen molar-refractivity contribution in [2.45, 2.75) is 12.8 Å². The molecule has 0 unspecified atom stereocenters. The molecule has 0 aliphatic carbocycles. The van der Waals surface area contributed by atoms with E-state index < -0.39 is 29.9 Å². The van der Waals surface area contributed by atoms with Crippen LogP contribution in [0.25, 0.3) is 0 Å². The van der Waals surface area contributed by atoms with Crippen molar-refractivity contribution in [2.24, 2.45) is 0 Å². The summed E-state index contributed by atoms with van der Waals surface area (Å²) >= 11 is 0. The van der Waals surface area contributed by atoms with Gasteiger partial charge in [0.25, 0.3) is 6.43 Å². The van der Waals surface area contributed by atoms with Gasteiger partial charge in [-0.1, -0.05) is 0 Å². The molecule has 96 valence electrons. The number of anilines is 1. The second-order valence-corrected chi connectivity index (χ2v) is 2.82. The van der Waals surface area contributed by atoms with Crippen LogP contribution in [0.3, 0.4) is 0 Å². The van der Waals surface area contributed by atoms with Gasteiger partial charge in [-0.3, -0.25) is 0 Å². The molecule has 1 heterocycles. The van der Waals surface area contributed by atoms with E-state index in [1.165, 1.54) is 0 Å². The van der Waals surface area contributed by atoms with Crippen LogP contribution in [0.15, 0.2) is 6.07 Å². The summed E-state index contributed by atoms with van der Waals surface area (Å²) in [6, 6.07) is 0.880. The van der Waals surface area contributed by atoms with Crippen molar-refractivity contribution < 1.29 is 31.4 Å². The van der Waals surface area contributed by atoms with Gasteiger partial charge in [-0.25, -0.2) is 8.78 Å².